The Kier molecular flexibility index (Phi) is 8.81. The number of halogens is 1. The number of benzene rings is 2. The van der Waals surface area contributed by atoms with Gasteiger partial charge in [0.2, 0.25) is 0 Å². The minimum atomic E-state index is 0. The van der Waals surface area contributed by atoms with Gasteiger partial charge < -0.3 is 9.84 Å². The van der Waals surface area contributed by atoms with E-state index in [0.717, 1.165) is 44.0 Å². The molecular formula is C22H30ClNO2S. The lowest BCUT2D eigenvalue weighted by Gasteiger charge is -2.39. The maximum Gasteiger partial charge on any atom is 0.119 e. The number of para-hydroxylation sites is 1. The quantitative estimate of drug-likeness (QED) is 0.637. The molecule has 0 spiro atoms. The number of fused-ring (bicyclic) bond motifs is 1. The second kappa shape index (κ2) is 10.8. The van der Waals surface area contributed by atoms with Crippen molar-refractivity contribution in [3.63, 3.8) is 0 Å². The van der Waals surface area contributed by atoms with Crippen molar-refractivity contribution in [2.45, 2.75) is 38.0 Å². The molecule has 5 heteroatoms. The summed E-state index contributed by atoms with van der Waals surface area (Å²) in [7, 11) is 0. The van der Waals surface area contributed by atoms with Gasteiger partial charge in [-0.2, -0.15) is 11.8 Å². The average molecular weight is 408 g/mol. The minimum absolute atomic E-state index is 0. The Hall–Kier alpha value is -1.36. The summed E-state index contributed by atoms with van der Waals surface area (Å²) in [6.45, 7) is 7.34. The Morgan fingerprint density at radius 1 is 1.04 bits per heavy atom. The molecule has 0 bridgehead atoms. The maximum absolute atomic E-state index is 9.84. The molecule has 0 saturated carbocycles. The van der Waals surface area contributed by atoms with Crippen molar-refractivity contribution >= 4 is 24.2 Å². The van der Waals surface area contributed by atoms with Gasteiger partial charge in [0.25, 0.3) is 0 Å². The van der Waals surface area contributed by atoms with Gasteiger partial charge in [-0.1, -0.05) is 38.1 Å². The van der Waals surface area contributed by atoms with Crippen LogP contribution in [0.4, 0.5) is 0 Å². The van der Waals surface area contributed by atoms with Crippen LogP contribution in [-0.4, -0.2) is 46.7 Å². The molecule has 3 nitrogen and oxygen atoms in total. The largest absolute Gasteiger partial charge is 0.508 e. The van der Waals surface area contributed by atoms with Crippen LogP contribution in [-0.2, 0) is 12.8 Å². The predicted octanol–water partition coefficient (Wildman–Crippen LogP) is 4.80. The van der Waals surface area contributed by atoms with Gasteiger partial charge in [0.1, 0.15) is 11.5 Å². The number of aromatic hydroxyl groups is 1. The lowest BCUT2D eigenvalue weighted by atomic mass is 9.87. The van der Waals surface area contributed by atoms with Gasteiger partial charge in [0, 0.05) is 17.0 Å². The zero-order valence-corrected chi connectivity index (χ0v) is 17.8. The zero-order chi connectivity index (χ0) is 18.4. The summed E-state index contributed by atoms with van der Waals surface area (Å²) in [4.78, 5) is 2.56. The number of phenolic OH excluding ortho intramolecular Hbond substituents is 1. The van der Waals surface area contributed by atoms with E-state index in [0.29, 0.717) is 17.0 Å². The fraction of sp³-hybridized carbons (Fsp3) is 0.455. The first kappa shape index (κ1) is 21.9. The number of likely N-dealkylation sites (N-methyl/N-ethyl adjacent to an activating group) is 1. The lowest BCUT2D eigenvalue weighted by Crippen LogP contribution is -2.47. The number of thioether (sulfide) groups is 1. The molecule has 0 radical (unpaired) electrons. The van der Waals surface area contributed by atoms with Crippen molar-refractivity contribution in [1.29, 1.82) is 0 Å². The minimum Gasteiger partial charge on any atom is -0.508 e. The number of rotatable bonds is 8. The van der Waals surface area contributed by atoms with Crippen LogP contribution in [0.2, 0.25) is 0 Å². The van der Waals surface area contributed by atoms with Crippen molar-refractivity contribution in [2.75, 3.05) is 25.4 Å². The van der Waals surface area contributed by atoms with E-state index in [9.17, 15) is 5.11 Å². The van der Waals surface area contributed by atoms with Crippen molar-refractivity contribution < 1.29 is 9.84 Å². The maximum atomic E-state index is 9.84. The van der Waals surface area contributed by atoms with E-state index in [1.807, 2.05) is 54.2 Å². The highest BCUT2D eigenvalue weighted by Gasteiger charge is 2.32. The first-order valence-corrected chi connectivity index (χ1v) is 10.6. The Labute approximate surface area is 173 Å². The SMILES string of the molecule is CCN(CC)C1Cc2cc(O)ccc2CC1SCCOc1ccccc1.Cl. The molecule has 1 N–H and O–H groups in total. The van der Waals surface area contributed by atoms with E-state index in [2.05, 4.69) is 24.8 Å². The van der Waals surface area contributed by atoms with Crippen LogP contribution in [0.1, 0.15) is 25.0 Å². The number of ether oxygens (including phenoxy) is 1. The van der Waals surface area contributed by atoms with E-state index in [4.69, 9.17) is 4.74 Å². The number of hydrogen-bond acceptors (Lipinski definition) is 4. The third-order valence-corrected chi connectivity index (χ3v) is 6.49. The second-order valence-corrected chi connectivity index (χ2v) is 8.07. The highest BCUT2D eigenvalue weighted by molar-refractivity contribution is 8.00. The molecule has 2 aromatic carbocycles. The third-order valence-electron chi connectivity index (χ3n) is 5.18. The highest BCUT2D eigenvalue weighted by atomic mass is 35.5. The van der Waals surface area contributed by atoms with Gasteiger partial charge in [-0.3, -0.25) is 4.90 Å². The first-order valence-electron chi connectivity index (χ1n) is 9.55. The first-order chi connectivity index (χ1) is 12.7. The van der Waals surface area contributed by atoms with Gasteiger partial charge in [-0.15, -0.1) is 12.4 Å². The molecule has 1 aliphatic rings. The molecular weight excluding hydrogens is 378 g/mol. The van der Waals surface area contributed by atoms with Crippen molar-refractivity contribution in [3.8, 4) is 11.5 Å². The summed E-state index contributed by atoms with van der Waals surface area (Å²) in [6, 6.07) is 16.4. The summed E-state index contributed by atoms with van der Waals surface area (Å²) in [5.74, 6) is 2.31. The average Bonchev–Trinajstić information content (AvgIpc) is 2.67. The van der Waals surface area contributed by atoms with Crippen LogP contribution in [0.3, 0.4) is 0 Å². The van der Waals surface area contributed by atoms with E-state index in [1.165, 1.54) is 11.1 Å². The molecule has 0 saturated heterocycles. The second-order valence-electron chi connectivity index (χ2n) is 6.72. The molecule has 0 fully saturated rings. The number of hydrogen-bond donors (Lipinski definition) is 1. The molecule has 0 aliphatic heterocycles. The normalized spacial score (nSPS) is 18.6. The molecule has 3 rings (SSSR count). The van der Waals surface area contributed by atoms with Crippen LogP contribution in [0.15, 0.2) is 48.5 Å². The Balaban J connectivity index is 0.00000261. The lowest BCUT2D eigenvalue weighted by molar-refractivity contribution is 0.204. The van der Waals surface area contributed by atoms with Gasteiger partial charge in [0.15, 0.2) is 0 Å². The summed E-state index contributed by atoms with van der Waals surface area (Å²) < 4.78 is 5.86. The molecule has 148 valence electrons. The van der Waals surface area contributed by atoms with Crippen LogP contribution < -0.4 is 4.74 Å². The topological polar surface area (TPSA) is 32.7 Å². The third kappa shape index (κ3) is 5.81. The van der Waals surface area contributed by atoms with E-state index >= 15 is 0 Å². The smallest absolute Gasteiger partial charge is 0.119 e. The summed E-state index contributed by atoms with van der Waals surface area (Å²) in [5, 5.41) is 10.4. The molecule has 0 aromatic heterocycles. The van der Waals surface area contributed by atoms with Crippen molar-refractivity contribution in [1.82, 2.24) is 4.90 Å². The van der Waals surface area contributed by atoms with Gasteiger partial charge in [-0.05, 0) is 61.3 Å². The highest BCUT2D eigenvalue weighted by Crippen LogP contribution is 2.33. The fourth-order valence-corrected chi connectivity index (χ4v) is 5.08. The Bertz CT molecular complexity index is 694. The van der Waals surface area contributed by atoms with E-state index in [-0.39, 0.29) is 12.4 Å². The number of phenols is 1. The van der Waals surface area contributed by atoms with Gasteiger partial charge in [0.05, 0.1) is 6.61 Å². The molecule has 1 aliphatic carbocycles. The summed E-state index contributed by atoms with van der Waals surface area (Å²) in [6.07, 6.45) is 2.08. The van der Waals surface area contributed by atoms with Crippen LogP contribution >= 0.6 is 24.2 Å². The fourth-order valence-electron chi connectivity index (χ4n) is 3.81. The van der Waals surface area contributed by atoms with Crippen molar-refractivity contribution in [2.24, 2.45) is 0 Å². The molecule has 0 heterocycles. The van der Waals surface area contributed by atoms with E-state index < -0.39 is 0 Å². The van der Waals surface area contributed by atoms with Crippen LogP contribution in [0.25, 0.3) is 0 Å². The van der Waals surface area contributed by atoms with Crippen molar-refractivity contribution in [3.05, 3.63) is 59.7 Å². The monoisotopic (exact) mass is 407 g/mol. The molecule has 2 aromatic rings. The van der Waals surface area contributed by atoms with Gasteiger partial charge in [-0.25, -0.2) is 0 Å². The predicted molar refractivity (Wildman–Crippen MR) is 118 cm³/mol. The van der Waals surface area contributed by atoms with Gasteiger partial charge >= 0.3 is 0 Å². The Morgan fingerprint density at radius 2 is 1.78 bits per heavy atom. The summed E-state index contributed by atoms with van der Waals surface area (Å²) >= 11 is 2.02. The Morgan fingerprint density at radius 3 is 2.48 bits per heavy atom. The molecule has 2 unspecified atom stereocenters. The molecule has 27 heavy (non-hydrogen) atoms. The summed E-state index contributed by atoms with van der Waals surface area (Å²) in [5.41, 5.74) is 2.69. The molecule has 2 atom stereocenters. The molecule has 0 amide bonds. The standard InChI is InChI=1S/C22H29NO2S.ClH/c1-3-23(4-2)21-15-18-14-19(24)11-10-17(18)16-22(21)26-13-12-25-20-8-6-5-7-9-20;/h5-11,14,21-22,24H,3-4,12-13,15-16H2,1-2H3;1H. The zero-order valence-electron chi connectivity index (χ0n) is 16.1. The van der Waals surface area contributed by atoms with Crippen LogP contribution in [0.5, 0.6) is 11.5 Å². The van der Waals surface area contributed by atoms with E-state index in [1.54, 1.807) is 0 Å². The van der Waals surface area contributed by atoms with Crippen LogP contribution in [0, 0.1) is 0 Å². The number of nitrogens with zero attached hydrogens (tertiary/aromatic N) is 1.